The third-order valence-corrected chi connectivity index (χ3v) is 5.38. The molecular formula is C21H20BrFN2O2. The van der Waals surface area contributed by atoms with E-state index in [-0.39, 0.29) is 23.4 Å². The number of nitrogens with zero attached hydrogens (tertiary/aromatic N) is 1. The molecule has 2 aromatic carbocycles. The summed E-state index contributed by atoms with van der Waals surface area (Å²) in [4.78, 5) is 26.7. The van der Waals surface area contributed by atoms with Gasteiger partial charge >= 0.3 is 0 Å². The van der Waals surface area contributed by atoms with E-state index >= 15 is 0 Å². The fourth-order valence-corrected chi connectivity index (χ4v) is 3.38. The number of hydrogen-bond donors (Lipinski definition) is 1. The minimum Gasteiger partial charge on any atom is -0.349 e. The molecule has 4 nitrogen and oxygen atoms in total. The lowest BCUT2D eigenvalue weighted by Gasteiger charge is -2.23. The van der Waals surface area contributed by atoms with Crippen molar-refractivity contribution in [2.24, 2.45) is 0 Å². The third kappa shape index (κ3) is 4.38. The van der Waals surface area contributed by atoms with Gasteiger partial charge in [-0.25, -0.2) is 4.39 Å². The molecule has 2 aliphatic rings. The molecule has 0 spiro atoms. The van der Waals surface area contributed by atoms with Crippen molar-refractivity contribution in [2.45, 2.75) is 44.3 Å². The summed E-state index contributed by atoms with van der Waals surface area (Å²) in [5, 5.41) is 2.96. The molecule has 27 heavy (non-hydrogen) atoms. The van der Waals surface area contributed by atoms with Gasteiger partial charge in [0.15, 0.2) is 0 Å². The van der Waals surface area contributed by atoms with Crippen LogP contribution in [0.3, 0.4) is 0 Å². The topological polar surface area (TPSA) is 49.4 Å². The minimum atomic E-state index is -0.513. The summed E-state index contributed by atoms with van der Waals surface area (Å²) in [5.74, 6) is -0.872. The van der Waals surface area contributed by atoms with E-state index in [0.717, 1.165) is 31.2 Å². The van der Waals surface area contributed by atoms with E-state index in [4.69, 9.17) is 0 Å². The molecule has 140 valence electrons. The first-order valence-corrected chi connectivity index (χ1v) is 9.96. The fourth-order valence-electron chi connectivity index (χ4n) is 3.02. The van der Waals surface area contributed by atoms with Gasteiger partial charge in [0.05, 0.1) is 5.56 Å². The van der Waals surface area contributed by atoms with Crippen molar-refractivity contribution in [1.82, 2.24) is 10.2 Å². The van der Waals surface area contributed by atoms with Crippen molar-refractivity contribution in [3.63, 3.8) is 0 Å². The van der Waals surface area contributed by atoms with E-state index in [0.29, 0.717) is 22.6 Å². The van der Waals surface area contributed by atoms with Crippen LogP contribution in [0.15, 0.2) is 46.9 Å². The average molecular weight is 431 g/mol. The molecule has 0 bridgehead atoms. The van der Waals surface area contributed by atoms with E-state index < -0.39 is 5.82 Å². The molecule has 1 N–H and O–H groups in total. The van der Waals surface area contributed by atoms with Gasteiger partial charge in [0.25, 0.3) is 11.8 Å². The molecule has 6 heteroatoms. The van der Waals surface area contributed by atoms with Crippen LogP contribution in [0.1, 0.15) is 52.0 Å². The molecule has 0 aliphatic heterocycles. The second-order valence-electron chi connectivity index (χ2n) is 7.23. The fraction of sp³-hybridized carbons (Fsp3) is 0.333. The molecule has 0 saturated heterocycles. The van der Waals surface area contributed by atoms with Crippen LogP contribution in [-0.4, -0.2) is 28.8 Å². The molecule has 2 aliphatic carbocycles. The molecule has 0 aromatic heterocycles. The zero-order chi connectivity index (χ0) is 19.0. The van der Waals surface area contributed by atoms with Crippen LogP contribution in [0.5, 0.6) is 0 Å². The van der Waals surface area contributed by atoms with Crippen molar-refractivity contribution in [2.75, 3.05) is 0 Å². The van der Waals surface area contributed by atoms with Crippen LogP contribution in [0.2, 0.25) is 0 Å². The van der Waals surface area contributed by atoms with Crippen LogP contribution >= 0.6 is 15.9 Å². The van der Waals surface area contributed by atoms with E-state index in [2.05, 4.69) is 21.2 Å². The Morgan fingerprint density at radius 1 is 1.07 bits per heavy atom. The number of benzene rings is 2. The van der Waals surface area contributed by atoms with Gasteiger partial charge in [-0.15, -0.1) is 0 Å². The smallest absolute Gasteiger partial charge is 0.257 e. The van der Waals surface area contributed by atoms with Gasteiger partial charge in [-0.2, -0.15) is 0 Å². The number of carbonyl (C=O) groups is 2. The van der Waals surface area contributed by atoms with Crippen molar-refractivity contribution in [3.05, 3.63) is 69.4 Å². The van der Waals surface area contributed by atoms with Crippen molar-refractivity contribution in [3.8, 4) is 0 Å². The second kappa shape index (κ2) is 7.43. The van der Waals surface area contributed by atoms with Gasteiger partial charge in [-0.05, 0) is 61.6 Å². The van der Waals surface area contributed by atoms with Crippen molar-refractivity contribution < 1.29 is 14.0 Å². The number of rotatable bonds is 6. The molecule has 0 unspecified atom stereocenters. The highest BCUT2D eigenvalue weighted by atomic mass is 79.9. The number of carbonyl (C=O) groups excluding carboxylic acids is 2. The predicted octanol–water partition coefficient (Wildman–Crippen LogP) is 4.29. The van der Waals surface area contributed by atoms with Crippen LogP contribution in [-0.2, 0) is 6.54 Å². The maximum Gasteiger partial charge on any atom is 0.257 e. The zero-order valence-electron chi connectivity index (χ0n) is 14.8. The first-order chi connectivity index (χ1) is 13.0. The molecule has 0 radical (unpaired) electrons. The Morgan fingerprint density at radius 3 is 2.41 bits per heavy atom. The maximum atomic E-state index is 14.1. The number of halogens is 2. The van der Waals surface area contributed by atoms with Gasteiger partial charge in [0.1, 0.15) is 5.82 Å². The summed E-state index contributed by atoms with van der Waals surface area (Å²) in [6, 6.07) is 12.2. The Morgan fingerprint density at radius 2 is 1.78 bits per heavy atom. The SMILES string of the molecule is O=C(NC1CC1)c1ccc(CN(C(=O)c2cc(Br)ccc2F)C2CC2)cc1. The Hall–Kier alpha value is -2.21. The monoisotopic (exact) mass is 430 g/mol. The Balaban J connectivity index is 1.49. The second-order valence-corrected chi connectivity index (χ2v) is 8.15. The minimum absolute atomic E-state index is 0.0598. The highest BCUT2D eigenvalue weighted by molar-refractivity contribution is 9.10. The summed E-state index contributed by atoms with van der Waals surface area (Å²) in [6.45, 7) is 0.403. The molecule has 2 fully saturated rings. The van der Waals surface area contributed by atoms with E-state index in [1.54, 1.807) is 23.1 Å². The van der Waals surface area contributed by atoms with E-state index in [1.807, 2.05) is 12.1 Å². The Labute approximate surface area is 165 Å². The molecular weight excluding hydrogens is 411 g/mol. The van der Waals surface area contributed by atoms with Crippen LogP contribution in [0.25, 0.3) is 0 Å². The average Bonchev–Trinajstić information content (AvgIpc) is 3.56. The zero-order valence-corrected chi connectivity index (χ0v) is 16.3. The lowest BCUT2D eigenvalue weighted by atomic mass is 10.1. The van der Waals surface area contributed by atoms with Gasteiger partial charge in [0.2, 0.25) is 0 Å². The summed E-state index contributed by atoms with van der Waals surface area (Å²) in [5.41, 5.74) is 1.62. The molecule has 2 amide bonds. The number of nitrogens with one attached hydrogen (secondary N) is 1. The van der Waals surface area contributed by atoms with Gasteiger partial charge in [-0.3, -0.25) is 9.59 Å². The lowest BCUT2D eigenvalue weighted by Crippen LogP contribution is -2.33. The molecule has 4 rings (SSSR count). The summed E-state index contributed by atoms with van der Waals surface area (Å²) in [7, 11) is 0. The maximum absolute atomic E-state index is 14.1. The number of amides is 2. The normalized spacial score (nSPS) is 16.1. The van der Waals surface area contributed by atoms with Crippen molar-refractivity contribution in [1.29, 1.82) is 0 Å². The van der Waals surface area contributed by atoms with Crippen LogP contribution < -0.4 is 5.32 Å². The summed E-state index contributed by atoms with van der Waals surface area (Å²) >= 11 is 3.30. The van der Waals surface area contributed by atoms with Gasteiger partial charge in [0, 0.05) is 28.7 Å². The molecule has 2 saturated carbocycles. The third-order valence-electron chi connectivity index (χ3n) is 4.89. The highest BCUT2D eigenvalue weighted by Crippen LogP contribution is 2.31. The molecule has 0 heterocycles. The highest BCUT2D eigenvalue weighted by Gasteiger charge is 2.34. The van der Waals surface area contributed by atoms with Crippen molar-refractivity contribution >= 4 is 27.7 Å². The van der Waals surface area contributed by atoms with Crippen LogP contribution in [0.4, 0.5) is 4.39 Å². The number of hydrogen-bond acceptors (Lipinski definition) is 2. The van der Waals surface area contributed by atoms with E-state index in [9.17, 15) is 14.0 Å². The lowest BCUT2D eigenvalue weighted by molar-refractivity contribution is 0.0724. The Bertz CT molecular complexity index is 876. The predicted molar refractivity (Wildman–Crippen MR) is 104 cm³/mol. The van der Waals surface area contributed by atoms with Gasteiger partial charge < -0.3 is 10.2 Å². The summed E-state index contributed by atoms with van der Waals surface area (Å²) < 4.78 is 14.8. The first kappa shape index (κ1) is 18.2. The first-order valence-electron chi connectivity index (χ1n) is 9.17. The van der Waals surface area contributed by atoms with E-state index in [1.165, 1.54) is 12.1 Å². The quantitative estimate of drug-likeness (QED) is 0.742. The van der Waals surface area contributed by atoms with Gasteiger partial charge in [-0.1, -0.05) is 28.1 Å². The summed E-state index contributed by atoms with van der Waals surface area (Å²) in [6.07, 6.45) is 3.97. The standard InChI is InChI=1S/C21H20BrFN2O2/c22-15-5-10-19(23)18(11-15)21(27)25(17-8-9-17)12-13-1-3-14(4-2-13)20(26)24-16-6-7-16/h1-5,10-11,16-17H,6-9,12H2,(H,24,26). The Kier molecular flexibility index (Phi) is 5.00. The molecule has 0 atom stereocenters. The molecule has 2 aromatic rings. The largest absolute Gasteiger partial charge is 0.349 e. The van der Waals surface area contributed by atoms with Crippen LogP contribution in [0, 0.1) is 5.82 Å².